The van der Waals surface area contributed by atoms with Crippen LogP contribution in [0.5, 0.6) is 0 Å². The Balaban J connectivity index is 3.06. The van der Waals surface area contributed by atoms with Crippen molar-refractivity contribution in [2.45, 2.75) is 70.6 Å². The molecule has 0 unspecified atom stereocenters. The molecule has 0 aliphatic carbocycles. The summed E-state index contributed by atoms with van der Waals surface area (Å²) in [6.07, 6.45) is 12.8. The standard InChI is InChI=1S/C14H30NO4PS2/c16-20(17,18)19-13-11-9-7-5-3-1-2-4-6-8-10-12-15-14(21)22/h1-13H2,(H2,15,21,22)(H2,16,17,18). The van der Waals surface area contributed by atoms with E-state index in [9.17, 15) is 4.57 Å². The molecule has 0 saturated heterocycles. The summed E-state index contributed by atoms with van der Waals surface area (Å²) in [6.45, 7) is 1.07. The maximum absolute atomic E-state index is 10.4. The van der Waals surface area contributed by atoms with Gasteiger partial charge in [0.15, 0.2) is 0 Å². The third-order valence-corrected chi connectivity index (χ3v) is 4.18. The maximum atomic E-state index is 10.4. The summed E-state index contributed by atoms with van der Waals surface area (Å²) < 4.78 is 15.4. The lowest BCUT2D eigenvalue weighted by atomic mass is 10.1. The van der Waals surface area contributed by atoms with Gasteiger partial charge in [-0.25, -0.2) is 4.57 Å². The van der Waals surface area contributed by atoms with Gasteiger partial charge in [0.1, 0.15) is 4.32 Å². The Morgan fingerprint density at radius 2 is 1.32 bits per heavy atom. The smallest absolute Gasteiger partial charge is 0.371 e. The predicted octanol–water partition coefficient (Wildman–Crippen LogP) is 4.19. The topological polar surface area (TPSA) is 78.8 Å². The van der Waals surface area contributed by atoms with Crippen molar-refractivity contribution < 1.29 is 18.9 Å². The van der Waals surface area contributed by atoms with Crippen LogP contribution in [0.2, 0.25) is 0 Å². The van der Waals surface area contributed by atoms with Crippen LogP contribution in [0.25, 0.3) is 0 Å². The molecule has 0 bridgehead atoms. The van der Waals surface area contributed by atoms with Crippen molar-refractivity contribution in [1.82, 2.24) is 5.32 Å². The normalized spacial score (nSPS) is 11.6. The number of unbranched alkanes of at least 4 members (excludes halogenated alkanes) is 10. The quantitative estimate of drug-likeness (QED) is 0.150. The van der Waals surface area contributed by atoms with E-state index in [0.29, 0.717) is 4.32 Å². The first kappa shape index (κ1) is 22.4. The average molecular weight is 372 g/mol. The lowest BCUT2D eigenvalue weighted by molar-refractivity contribution is 0.193. The van der Waals surface area contributed by atoms with E-state index in [1.165, 1.54) is 44.9 Å². The molecule has 0 atom stereocenters. The van der Waals surface area contributed by atoms with Gasteiger partial charge in [0.25, 0.3) is 0 Å². The highest BCUT2D eigenvalue weighted by Gasteiger charge is 2.12. The molecule has 0 aromatic rings. The summed E-state index contributed by atoms with van der Waals surface area (Å²) in [5.41, 5.74) is 0. The van der Waals surface area contributed by atoms with Crippen molar-refractivity contribution in [2.75, 3.05) is 13.2 Å². The van der Waals surface area contributed by atoms with Gasteiger partial charge in [-0.05, 0) is 12.8 Å². The summed E-state index contributed by atoms with van der Waals surface area (Å²) in [4.78, 5) is 17.0. The van der Waals surface area contributed by atoms with Crippen molar-refractivity contribution in [1.29, 1.82) is 0 Å². The molecule has 0 aromatic heterocycles. The summed E-state index contributed by atoms with van der Waals surface area (Å²) in [7, 11) is -4.27. The summed E-state index contributed by atoms with van der Waals surface area (Å²) in [5.74, 6) is 0. The predicted molar refractivity (Wildman–Crippen MR) is 98.4 cm³/mol. The molecule has 0 aromatic carbocycles. The van der Waals surface area contributed by atoms with E-state index in [1.54, 1.807) is 0 Å². The Kier molecular flexibility index (Phi) is 15.1. The SMILES string of the molecule is O=P(O)(O)OCCCCCCCCCCCCCNC(=S)S. The van der Waals surface area contributed by atoms with Crippen molar-refractivity contribution in [3.05, 3.63) is 0 Å². The van der Waals surface area contributed by atoms with E-state index >= 15 is 0 Å². The lowest BCUT2D eigenvalue weighted by Crippen LogP contribution is -2.17. The van der Waals surface area contributed by atoms with Crippen molar-refractivity contribution in [3.8, 4) is 0 Å². The van der Waals surface area contributed by atoms with Gasteiger partial charge in [0.2, 0.25) is 0 Å². The van der Waals surface area contributed by atoms with Gasteiger partial charge in [-0.3, -0.25) is 4.52 Å². The number of phosphoric acid groups is 1. The fourth-order valence-electron chi connectivity index (χ4n) is 2.20. The molecule has 3 N–H and O–H groups in total. The molecule has 5 nitrogen and oxygen atoms in total. The van der Waals surface area contributed by atoms with E-state index in [0.717, 1.165) is 32.2 Å². The third-order valence-electron chi connectivity index (χ3n) is 3.36. The molecule has 0 radical (unpaired) electrons. The fraction of sp³-hybridized carbons (Fsp3) is 0.929. The summed E-state index contributed by atoms with van der Waals surface area (Å²) in [6, 6.07) is 0. The molecule has 22 heavy (non-hydrogen) atoms. The number of hydrogen-bond donors (Lipinski definition) is 4. The van der Waals surface area contributed by atoms with Crippen LogP contribution in [0.3, 0.4) is 0 Å². The zero-order valence-electron chi connectivity index (χ0n) is 13.2. The highest BCUT2D eigenvalue weighted by atomic mass is 32.1. The third kappa shape index (κ3) is 20.3. The molecule has 0 fully saturated rings. The monoisotopic (exact) mass is 371 g/mol. The molecule has 0 heterocycles. The molecule has 8 heteroatoms. The second-order valence-electron chi connectivity index (χ2n) is 5.44. The average Bonchev–Trinajstić information content (AvgIpc) is 2.41. The number of hydrogen-bond acceptors (Lipinski definition) is 3. The van der Waals surface area contributed by atoms with E-state index in [4.69, 9.17) is 22.0 Å². The van der Waals surface area contributed by atoms with Crippen LogP contribution in [0, 0.1) is 0 Å². The van der Waals surface area contributed by atoms with Gasteiger partial charge < -0.3 is 15.1 Å². The molecule has 0 rings (SSSR count). The van der Waals surface area contributed by atoms with Crippen LogP contribution >= 0.6 is 32.7 Å². The van der Waals surface area contributed by atoms with E-state index in [1.807, 2.05) is 0 Å². The molecule has 132 valence electrons. The van der Waals surface area contributed by atoms with Crippen LogP contribution < -0.4 is 5.32 Å². The van der Waals surface area contributed by atoms with Crippen LogP contribution in [-0.2, 0) is 9.09 Å². The number of rotatable bonds is 15. The Labute approximate surface area is 145 Å². The van der Waals surface area contributed by atoms with Gasteiger partial charge in [-0.2, -0.15) is 0 Å². The number of phosphoric ester groups is 1. The van der Waals surface area contributed by atoms with Gasteiger partial charge >= 0.3 is 7.82 Å². The largest absolute Gasteiger partial charge is 0.469 e. The van der Waals surface area contributed by atoms with Gasteiger partial charge in [-0.15, -0.1) is 12.6 Å². The second kappa shape index (κ2) is 14.9. The zero-order chi connectivity index (χ0) is 16.7. The van der Waals surface area contributed by atoms with E-state index < -0.39 is 7.82 Å². The van der Waals surface area contributed by atoms with Crippen LogP contribution in [0.15, 0.2) is 0 Å². The molecule has 0 amide bonds. The minimum atomic E-state index is -4.27. The molecular weight excluding hydrogens is 341 g/mol. The minimum Gasteiger partial charge on any atom is -0.371 e. The number of nitrogens with one attached hydrogen (secondary N) is 1. The van der Waals surface area contributed by atoms with Crippen molar-refractivity contribution in [2.24, 2.45) is 0 Å². The Morgan fingerprint density at radius 3 is 1.73 bits per heavy atom. The first-order valence-electron chi connectivity index (χ1n) is 8.09. The molecule has 0 saturated carbocycles. The van der Waals surface area contributed by atoms with Crippen LogP contribution in [0.1, 0.15) is 70.6 Å². The van der Waals surface area contributed by atoms with Crippen LogP contribution in [-0.4, -0.2) is 27.3 Å². The van der Waals surface area contributed by atoms with Gasteiger partial charge in [0, 0.05) is 6.54 Å². The molecule has 0 aliphatic rings. The molecule has 0 spiro atoms. The van der Waals surface area contributed by atoms with Crippen molar-refractivity contribution >= 4 is 37.0 Å². The van der Waals surface area contributed by atoms with Gasteiger partial charge in [-0.1, -0.05) is 70.0 Å². The Hall–Kier alpha value is 0.350. The first-order chi connectivity index (χ1) is 10.4. The Bertz CT molecular complexity index is 326. The number of thiol groups is 1. The molecular formula is C14H30NO4PS2. The zero-order valence-corrected chi connectivity index (χ0v) is 15.8. The molecule has 0 aliphatic heterocycles. The van der Waals surface area contributed by atoms with E-state index in [-0.39, 0.29) is 6.61 Å². The van der Waals surface area contributed by atoms with Crippen LogP contribution in [0.4, 0.5) is 0 Å². The first-order valence-corrected chi connectivity index (χ1v) is 10.5. The number of thiocarbonyl (C=S) groups is 1. The van der Waals surface area contributed by atoms with Gasteiger partial charge in [0.05, 0.1) is 6.61 Å². The minimum absolute atomic E-state index is 0.150. The lowest BCUT2D eigenvalue weighted by Gasteiger charge is -2.05. The second-order valence-corrected chi connectivity index (χ2v) is 7.84. The fourth-order valence-corrected chi connectivity index (χ4v) is 2.78. The van der Waals surface area contributed by atoms with Crippen molar-refractivity contribution in [3.63, 3.8) is 0 Å². The Morgan fingerprint density at radius 1 is 0.909 bits per heavy atom. The highest BCUT2D eigenvalue weighted by Crippen LogP contribution is 2.35. The highest BCUT2D eigenvalue weighted by molar-refractivity contribution is 8.11. The summed E-state index contributed by atoms with van der Waals surface area (Å²) in [5, 5.41) is 3.04. The maximum Gasteiger partial charge on any atom is 0.469 e. The summed E-state index contributed by atoms with van der Waals surface area (Å²) >= 11 is 8.82. The van der Waals surface area contributed by atoms with E-state index in [2.05, 4.69) is 22.5 Å².